The zero-order valence-corrected chi connectivity index (χ0v) is 13.0. The van der Waals surface area contributed by atoms with Crippen molar-refractivity contribution >= 4 is 21.7 Å². The van der Waals surface area contributed by atoms with Gasteiger partial charge in [0.05, 0.1) is 12.3 Å². The maximum atomic E-state index is 5.75. The van der Waals surface area contributed by atoms with Gasteiger partial charge in [-0.3, -0.25) is 4.98 Å². The van der Waals surface area contributed by atoms with Crippen LogP contribution in [0.5, 0.6) is 0 Å². The fraction of sp³-hybridized carbons (Fsp3) is 0.235. The lowest BCUT2D eigenvalue weighted by Gasteiger charge is -2.09. The Hall–Kier alpha value is -1.61. The SMILES string of the molecule is CCOC(=C1CC1)c1ccc(-c2ccc(Br)cc2)nc1. The van der Waals surface area contributed by atoms with E-state index in [0.717, 1.165) is 39.9 Å². The summed E-state index contributed by atoms with van der Waals surface area (Å²) in [6, 6.07) is 12.3. The summed E-state index contributed by atoms with van der Waals surface area (Å²) < 4.78 is 6.83. The first-order valence-corrected chi connectivity index (χ1v) is 7.64. The molecule has 3 heteroatoms. The maximum absolute atomic E-state index is 5.75. The standard InChI is InChI=1S/C17H16BrNO/c1-2-20-17(13-3-4-13)14-7-10-16(19-11-14)12-5-8-15(18)9-6-12/h5-11H,2-4H2,1H3. The van der Waals surface area contributed by atoms with Crippen molar-refractivity contribution in [3.8, 4) is 11.3 Å². The van der Waals surface area contributed by atoms with E-state index in [0.29, 0.717) is 6.61 Å². The number of hydrogen-bond acceptors (Lipinski definition) is 2. The van der Waals surface area contributed by atoms with Gasteiger partial charge in [-0.05, 0) is 49.6 Å². The van der Waals surface area contributed by atoms with Crippen LogP contribution in [0.3, 0.4) is 0 Å². The Kier molecular flexibility index (Phi) is 3.88. The van der Waals surface area contributed by atoms with Gasteiger partial charge in [0.2, 0.25) is 0 Å². The van der Waals surface area contributed by atoms with E-state index in [1.165, 1.54) is 5.57 Å². The van der Waals surface area contributed by atoms with Crippen molar-refractivity contribution in [1.82, 2.24) is 4.98 Å². The minimum Gasteiger partial charge on any atom is -0.493 e. The van der Waals surface area contributed by atoms with Crippen LogP contribution in [0, 0.1) is 0 Å². The average Bonchev–Trinajstić information content (AvgIpc) is 3.31. The van der Waals surface area contributed by atoms with Crippen LogP contribution >= 0.6 is 15.9 Å². The average molecular weight is 330 g/mol. The molecule has 3 rings (SSSR count). The Morgan fingerprint density at radius 2 is 1.90 bits per heavy atom. The predicted octanol–water partition coefficient (Wildman–Crippen LogP) is 5.05. The first-order valence-electron chi connectivity index (χ1n) is 6.85. The monoisotopic (exact) mass is 329 g/mol. The lowest BCUT2D eigenvalue weighted by atomic mass is 10.1. The molecule has 102 valence electrons. The molecule has 1 aliphatic rings. The highest BCUT2D eigenvalue weighted by molar-refractivity contribution is 9.10. The number of ether oxygens (including phenoxy) is 1. The van der Waals surface area contributed by atoms with Crippen LogP contribution in [-0.2, 0) is 4.74 Å². The first kappa shape index (κ1) is 13.4. The number of nitrogens with zero attached hydrogens (tertiary/aromatic N) is 1. The molecule has 0 spiro atoms. The van der Waals surface area contributed by atoms with Crippen LogP contribution in [-0.4, -0.2) is 11.6 Å². The molecular formula is C17H16BrNO. The van der Waals surface area contributed by atoms with Crippen molar-refractivity contribution in [2.75, 3.05) is 6.61 Å². The van der Waals surface area contributed by atoms with Crippen LogP contribution in [0.15, 0.2) is 52.6 Å². The molecule has 0 amide bonds. The molecule has 0 N–H and O–H groups in total. The van der Waals surface area contributed by atoms with Crippen LogP contribution < -0.4 is 0 Å². The molecule has 0 aliphatic heterocycles. The highest BCUT2D eigenvalue weighted by Crippen LogP contribution is 2.37. The Morgan fingerprint density at radius 1 is 1.15 bits per heavy atom. The molecule has 1 aromatic carbocycles. The Morgan fingerprint density at radius 3 is 2.45 bits per heavy atom. The third-order valence-electron chi connectivity index (χ3n) is 3.28. The molecule has 20 heavy (non-hydrogen) atoms. The van der Waals surface area contributed by atoms with E-state index in [4.69, 9.17) is 4.74 Å². The number of aromatic nitrogens is 1. The third-order valence-corrected chi connectivity index (χ3v) is 3.80. The molecular weight excluding hydrogens is 314 g/mol. The zero-order valence-electron chi connectivity index (χ0n) is 11.4. The largest absolute Gasteiger partial charge is 0.493 e. The van der Waals surface area contributed by atoms with Gasteiger partial charge in [-0.25, -0.2) is 0 Å². The van der Waals surface area contributed by atoms with Gasteiger partial charge in [0.1, 0.15) is 5.76 Å². The third kappa shape index (κ3) is 2.93. The fourth-order valence-electron chi connectivity index (χ4n) is 2.14. The van der Waals surface area contributed by atoms with Crippen molar-refractivity contribution in [2.24, 2.45) is 0 Å². The topological polar surface area (TPSA) is 22.1 Å². The lowest BCUT2D eigenvalue weighted by Crippen LogP contribution is -1.93. The second-order valence-electron chi connectivity index (χ2n) is 4.80. The van der Waals surface area contributed by atoms with E-state index >= 15 is 0 Å². The van der Waals surface area contributed by atoms with E-state index in [1.807, 2.05) is 25.3 Å². The highest BCUT2D eigenvalue weighted by Gasteiger charge is 2.20. The second-order valence-corrected chi connectivity index (χ2v) is 5.72. The summed E-state index contributed by atoms with van der Waals surface area (Å²) in [4.78, 5) is 4.56. The Labute approximate surface area is 127 Å². The Balaban J connectivity index is 1.88. The van der Waals surface area contributed by atoms with Crippen molar-refractivity contribution in [1.29, 1.82) is 0 Å². The van der Waals surface area contributed by atoms with Crippen LogP contribution in [0.1, 0.15) is 25.3 Å². The molecule has 0 bridgehead atoms. The summed E-state index contributed by atoms with van der Waals surface area (Å²) >= 11 is 3.45. The summed E-state index contributed by atoms with van der Waals surface area (Å²) in [6.07, 6.45) is 4.22. The molecule has 0 radical (unpaired) electrons. The predicted molar refractivity (Wildman–Crippen MR) is 85.2 cm³/mol. The molecule has 2 nitrogen and oxygen atoms in total. The smallest absolute Gasteiger partial charge is 0.127 e. The van der Waals surface area contributed by atoms with Crippen LogP contribution in [0.2, 0.25) is 0 Å². The molecule has 2 aromatic rings. The quantitative estimate of drug-likeness (QED) is 0.732. The molecule has 1 aromatic heterocycles. The number of hydrogen-bond donors (Lipinski definition) is 0. The highest BCUT2D eigenvalue weighted by atomic mass is 79.9. The van der Waals surface area contributed by atoms with E-state index in [9.17, 15) is 0 Å². The van der Waals surface area contributed by atoms with Gasteiger partial charge in [-0.1, -0.05) is 28.1 Å². The van der Waals surface area contributed by atoms with E-state index in [2.05, 4.69) is 45.2 Å². The summed E-state index contributed by atoms with van der Waals surface area (Å²) in [6.45, 7) is 2.72. The minimum atomic E-state index is 0.702. The molecule has 0 saturated heterocycles. The summed E-state index contributed by atoms with van der Waals surface area (Å²) in [5.41, 5.74) is 4.60. The van der Waals surface area contributed by atoms with Gasteiger partial charge >= 0.3 is 0 Å². The van der Waals surface area contributed by atoms with Gasteiger partial charge in [-0.15, -0.1) is 0 Å². The number of halogens is 1. The number of allylic oxidation sites excluding steroid dienone is 1. The van der Waals surface area contributed by atoms with Crippen molar-refractivity contribution in [3.05, 3.63) is 58.2 Å². The van der Waals surface area contributed by atoms with Crippen LogP contribution in [0.25, 0.3) is 17.0 Å². The second kappa shape index (κ2) is 5.80. The number of pyridine rings is 1. The van der Waals surface area contributed by atoms with E-state index in [1.54, 1.807) is 0 Å². The lowest BCUT2D eigenvalue weighted by molar-refractivity contribution is 0.297. The van der Waals surface area contributed by atoms with Crippen molar-refractivity contribution in [3.63, 3.8) is 0 Å². The zero-order chi connectivity index (χ0) is 13.9. The first-order chi connectivity index (χ1) is 9.78. The van der Waals surface area contributed by atoms with Crippen LogP contribution in [0.4, 0.5) is 0 Å². The Bertz CT molecular complexity index is 623. The molecule has 1 fully saturated rings. The summed E-state index contributed by atoms with van der Waals surface area (Å²) in [5.74, 6) is 1.03. The molecule has 1 aliphatic carbocycles. The number of rotatable bonds is 4. The van der Waals surface area contributed by atoms with Gasteiger partial charge in [-0.2, -0.15) is 0 Å². The molecule has 0 atom stereocenters. The normalized spacial score (nSPS) is 13.2. The van der Waals surface area contributed by atoms with Crippen molar-refractivity contribution < 1.29 is 4.74 Å². The van der Waals surface area contributed by atoms with Gasteiger partial charge in [0, 0.05) is 21.8 Å². The van der Waals surface area contributed by atoms with E-state index in [-0.39, 0.29) is 0 Å². The van der Waals surface area contributed by atoms with E-state index < -0.39 is 0 Å². The molecule has 1 saturated carbocycles. The minimum absolute atomic E-state index is 0.702. The fourth-order valence-corrected chi connectivity index (χ4v) is 2.41. The van der Waals surface area contributed by atoms with Gasteiger partial charge < -0.3 is 4.74 Å². The molecule has 1 heterocycles. The number of benzene rings is 1. The maximum Gasteiger partial charge on any atom is 0.127 e. The molecule has 0 unspecified atom stereocenters. The summed E-state index contributed by atoms with van der Waals surface area (Å²) in [5, 5.41) is 0. The summed E-state index contributed by atoms with van der Waals surface area (Å²) in [7, 11) is 0. The van der Waals surface area contributed by atoms with Crippen molar-refractivity contribution in [2.45, 2.75) is 19.8 Å². The van der Waals surface area contributed by atoms with Gasteiger partial charge in [0.25, 0.3) is 0 Å². The van der Waals surface area contributed by atoms with Gasteiger partial charge in [0.15, 0.2) is 0 Å².